The predicted octanol–water partition coefficient (Wildman–Crippen LogP) is 1.48. The van der Waals surface area contributed by atoms with E-state index in [1.54, 1.807) is 4.57 Å². The van der Waals surface area contributed by atoms with Gasteiger partial charge in [-0.3, -0.25) is 4.79 Å². The summed E-state index contributed by atoms with van der Waals surface area (Å²) < 4.78 is 24.8. The first-order chi connectivity index (χ1) is 9.93. The molecule has 0 atom stereocenters. The lowest BCUT2D eigenvalue weighted by atomic mass is 10.1. The zero-order chi connectivity index (χ0) is 15.5. The molecule has 118 valence electrons. The van der Waals surface area contributed by atoms with Crippen molar-refractivity contribution in [3.05, 3.63) is 18.0 Å². The van der Waals surface area contributed by atoms with Crippen molar-refractivity contribution < 1.29 is 13.2 Å². The van der Waals surface area contributed by atoms with Gasteiger partial charge < -0.3 is 15.2 Å². The highest BCUT2D eigenvalue weighted by atomic mass is 35.7. The molecule has 0 bridgehead atoms. The normalized spacial score (nSPS) is 16.9. The Morgan fingerprint density at radius 2 is 2.14 bits per heavy atom. The van der Waals surface area contributed by atoms with Crippen LogP contribution in [0.2, 0.25) is 0 Å². The first-order valence-corrected chi connectivity index (χ1v) is 9.40. The lowest BCUT2D eigenvalue weighted by Crippen LogP contribution is -2.32. The Bertz CT molecular complexity index is 606. The molecule has 2 heterocycles. The molecule has 1 aromatic rings. The van der Waals surface area contributed by atoms with E-state index in [0.29, 0.717) is 12.2 Å². The number of carbonyl (C=O) groups is 1. The number of aromatic nitrogens is 1. The Morgan fingerprint density at radius 3 is 2.71 bits per heavy atom. The largest absolute Gasteiger partial charge is 0.351 e. The molecule has 1 aliphatic heterocycles. The number of carbonyl (C=O) groups excluding carboxylic acids is 1. The highest BCUT2D eigenvalue weighted by molar-refractivity contribution is 8.13. The van der Waals surface area contributed by atoms with Gasteiger partial charge in [0.05, 0.1) is 0 Å². The fourth-order valence-corrected chi connectivity index (χ4v) is 3.23. The van der Waals surface area contributed by atoms with Gasteiger partial charge in [-0.15, -0.1) is 0 Å². The second-order valence-corrected chi connectivity index (χ2v) is 7.71. The van der Waals surface area contributed by atoms with Gasteiger partial charge in [0.2, 0.25) is 0 Å². The quantitative estimate of drug-likeness (QED) is 0.800. The molecule has 0 aromatic carbocycles. The van der Waals surface area contributed by atoms with Gasteiger partial charge in [-0.25, -0.2) is 8.42 Å². The number of piperidine rings is 1. The topological polar surface area (TPSA) is 80.2 Å². The second kappa shape index (κ2) is 6.81. The third kappa shape index (κ3) is 3.99. The van der Waals surface area contributed by atoms with Crippen molar-refractivity contribution in [1.82, 2.24) is 15.2 Å². The summed E-state index contributed by atoms with van der Waals surface area (Å²) in [5, 5.41) is 6.03. The van der Waals surface area contributed by atoms with Gasteiger partial charge in [-0.1, -0.05) is 6.92 Å². The van der Waals surface area contributed by atoms with E-state index < -0.39 is 9.05 Å². The number of hydrogen-bond donors (Lipinski definition) is 2. The number of hydrogen-bond acceptors (Lipinski definition) is 4. The second-order valence-electron chi connectivity index (χ2n) is 5.14. The number of nitrogens with zero attached hydrogens (tertiary/aromatic N) is 1. The highest BCUT2D eigenvalue weighted by Crippen LogP contribution is 2.26. The number of halogens is 1. The highest BCUT2D eigenvalue weighted by Gasteiger charge is 2.24. The summed E-state index contributed by atoms with van der Waals surface area (Å²) in [6, 6.07) is 1.47. The zero-order valence-electron chi connectivity index (χ0n) is 11.9. The van der Waals surface area contributed by atoms with Crippen LogP contribution in [0.4, 0.5) is 0 Å². The molecule has 1 fully saturated rings. The molecule has 1 saturated heterocycles. The summed E-state index contributed by atoms with van der Waals surface area (Å²) in [6.07, 6.45) is 3.99. The summed E-state index contributed by atoms with van der Waals surface area (Å²) in [5.41, 5.74) is 0.356. The van der Waals surface area contributed by atoms with Gasteiger partial charge in [0.1, 0.15) is 10.6 Å². The minimum Gasteiger partial charge on any atom is -0.351 e. The molecular weight excluding hydrogens is 314 g/mol. The Labute approximate surface area is 129 Å². The van der Waals surface area contributed by atoms with Crippen molar-refractivity contribution in [2.75, 3.05) is 19.6 Å². The lowest BCUT2D eigenvalue weighted by molar-refractivity contribution is 0.0941. The Kier molecular flexibility index (Phi) is 5.29. The molecule has 0 spiro atoms. The van der Waals surface area contributed by atoms with E-state index in [1.807, 2.05) is 6.92 Å². The number of nitrogens with one attached hydrogen (secondary N) is 2. The van der Waals surface area contributed by atoms with Gasteiger partial charge in [0, 0.05) is 29.5 Å². The van der Waals surface area contributed by atoms with Crippen molar-refractivity contribution in [3.63, 3.8) is 0 Å². The fraction of sp³-hybridized carbons (Fsp3) is 0.615. The molecule has 8 heteroatoms. The van der Waals surface area contributed by atoms with Crippen molar-refractivity contribution in [2.24, 2.45) is 0 Å². The number of amides is 1. The smallest absolute Gasteiger partial charge is 0.267 e. The van der Waals surface area contributed by atoms with Crippen LogP contribution in [0, 0.1) is 0 Å². The third-order valence-corrected chi connectivity index (χ3v) is 4.90. The van der Waals surface area contributed by atoms with E-state index in [0.717, 1.165) is 32.4 Å². The zero-order valence-corrected chi connectivity index (χ0v) is 13.5. The monoisotopic (exact) mass is 333 g/mol. The molecule has 2 N–H and O–H groups in total. The van der Waals surface area contributed by atoms with Crippen LogP contribution >= 0.6 is 10.7 Å². The molecule has 0 radical (unpaired) electrons. The van der Waals surface area contributed by atoms with Crippen LogP contribution in [0.5, 0.6) is 0 Å². The maximum Gasteiger partial charge on any atom is 0.267 e. The summed E-state index contributed by atoms with van der Waals surface area (Å²) in [6.45, 7) is 4.21. The lowest BCUT2D eigenvalue weighted by Gasteiger charge is -2.25. The van der Waals surface area contributed by atoms with E-state index >= 15 is 0 Å². The first-order valence-electron chi connectivity index (χ1n) is 7.09. The standard InChI is InChI=1S/C13H20ClN3O3S/c1-2-5-16-13(18)12-8-11(21(14,19)20)9-17(12)10-3-6-15-7-4-10/h8-10,15H,2-7H2,1H3,(H,16,18). The van der Waals surface area contributed by atoms with Crippen molar-refractivity contribution in [3.8, 4) is 0 Å². The Balaban J connectivity index is 2.35. The van der Waals surface area contributed by atoms with Crippen LogP contribution in [-0.4, -0.2) is 38.5 Å². The van der Waals surface area contributed by atoms with E-state index in [-0.39, 0.29) is 16.8 Å². The Morgan fingerprint density at radius 1 is 1.48 bits per heavy atom. The van der Waals surface area contributed by atoms with Gasteiger partial charge in [-0.05, 0) is 38.4 Å². The van der Waals surface area contributed by atoms with Crippen molar-refractivity contribution in [1.29, 1.82) is 0 Å². The van der Waals surface area contributed by atoms with Crippen LogP contribution in [0.25, 0.3) is 0 Å². The summed E-state index contributed by atoms with van der Waals surface area (Å²) >= 11 is 0. The van der Waals surface area contributed by atoms with Gasteiger partial charge in [0.15, 0.2) is 0 Å². The van der Waals surface area contributed by atoms with E-state index in [1.165, 1.54) is 12.3 Å². The molecule has 1 aromatic heterocycles. The van der Waals surface area contributed by atoms with Crippen LogP contribution in [0.15, 0.2) is 17.2 Å². The first kappa shape index (κ1) is 16.3. The van der Waals surface area contributed by atoms with Crippen molar-refractivity contribution >= 4 is 25.6 Å². The van der Waals surface area contributed by atoms with Crippen LogP contribution < -0.4 is 10.6 Å². The molecule has 2 rings (SSSR count). The van der Waals surface area contributed by atoms with Crippen LogP contribution in [-0.2, 0) is 9.05 Å². The van der Waals surface area contributed by atoms with Gasteiger partial charge in [-0.2, -0.15) is 0 Å². The van der Waals surface area contributed by atoms with Gasteiger partial charge in [0.25, 0.3) is 15.0 Å². The van der Waals surface area contributed by atoms with Crippen molar-refractivity contribution in [2.45, 2.75) is 37.1 Å². The molecule has 21 heavy (non-hydrogen) atoms. The van der Waals surface area contributed by atoms with E-state index in [2.05, 4.69) is 10.6 Å². The third-order valence-electron chi connectivity index (χ3n) is 3.58. The summed E-state index contributed by atoms with van der Waals surface area (Å²) in [7, 11) is 1.57. The van der Waals surface area contributed by atoms with E-state index in [9.17, 15) is 13.2 Å². The SMILES string of the molecule is CCCNC(=O)c1cc(S(=O)(=O)Cl)cn1C1CCNCC1. The maximum atomic E-state index is 12.2. The molecule has 0 aliphatic carbocycles. The molecule has 1 amide bonds. The number of rotatable bonds is 5. The Hall–Kier alpha value is -1.05. The summed E-state index contributed by atoms with van der Waals surface area (Å²) in [5.74, 6) is -0.262. The molecule has 0 unspecified atom stereocenters. The maximum absolute atomic E-state index is 12.2. The average Bonchev–Trinajstić information content (AvgIpc) is 2.91. The van der Waals surface area contributed by atoms with Crippen LogP contribution in [0.1, 0.15) is 42.7 Å². The van der Waals surface area contributed by atoms with Gasteiger partial charge >= 0.3 is 0 Å². The predicted molar refractivity (Wildman–Crippen MR) is 81.2 cm³/mol. The van der Waals surface area contributed by atoms with E-state index in [4.69, 9.17) is 10.7 Å². The minimum atomic E-state index is -3.84. The minimum absolute atomic E-state index is 0.0238. The molecule has 1 aliphatic rings. The molecular formula is C13H20ClN3O3S. The van der Waals surface area contributed by atoms with Crippen LogP contribution in [0.3, 0.4) is 0 Å². The fourth-order valence-electron chi connectivity index (χ4n) is 2.49. The summed E-state index contributed by atoms with van der Waals surface area (Å²) in [4.78, 5) is 12.2. The molecule has 6 nitrogen and oxygen atoms in total. The average molecular weight is 334 g/mol. The molecule has 0 saturated carbocycles.